The molecule has 0 unspecified atom stereocenters. The first-order valence-electron chi connectivity index (χ1n) is 9.35. The molecule has 0 radical (unpaired) electrons. The molecule has 6 nitrogen and oxygen atoms in total. The summed E-state index contributed by atoms with van der Waals surface area (Å²) in [4.78, 5) is 19.9. The van der Waals surface area contributed by atoms with E-state index < -0.39 is 5.97 Å². The molecule has 142 valence electrons. The monoisotopic (exact) mass is 362 g/mol. The van der Waals surface area contributed by atoms with E-state index in [1.165, 1.54) is 6.07 Å². The summed E-state index contributed by atoms with van der Waals surface area (Å²) in [7, 11) is 0. The predicted octanol–water partition coefficient (Wildman–Crippen LogP) is 2.57. The Labute approximate surface area is 153 Å². The fraction of sp³-hybridized carbons (Fsp3) is 0.579. The lowest BCUT2D eigenvalue weighted by Gasteiger charge is -2.37. The van der Waals surface area contributed by atoms with E-state index in [0.29, 0.717) is 18.1 Å². The van der Waals surface area contributed by atoms with Crippen molar-refractivity contribution in [2.24, 2.45) is 0 Å². The van der Waals surface area contributed by atoms with Crippen LogP contribution in [0.2, 0.25) is 0 Å². The molecule has 0 bridgehead atoms. The van der Waals surface area contributed by atoms with Crippen LogP contribution in [0.5, 0.6) is 0 Å². The van der Waals surface area contributed by atoms with Gasteiger partial charge in [-0.15, -0.1) is 0 Å². The smallest absolute Gasteiger partial charge is 0.317 e. The van der Waals surface area contributed by atoms with Crippen molar-refractivity contribution in [3.8, 4) is 0 Å². The topological polar surface area (TPSA) is 61.6 Å². The maximum Gasteiger partial charge on any atom is 0.317 e. The van der Waals surface area contributed by atoms with Gasteiger partial charge < -0.3 is 9.67 Å². The lowest BCUT2D eigenvalue weighted by Crippen LogP contribution is -2.46. The van der Waals surface area contributed by atoms with Gasteiger partial charge in [0.1, 0.15) is 11.3 Å². The van der Waals surface area contributed by atoms with E-state index in [1.807, 2.05) is 24.8 Å². The summed E-state index contributed by atoms with van der Waals surface area (Å²) < 4.78 is 16.1. The van der Waals surface area contributed by atoms with Gasteiger partial charge in [0.2, 0.25) is 0 Å². The number of para-hydroxylation sites is 1. The number of piperidine rings is 1. The highest BCUT2D eigenvalue weighted by molar-refractivity contribution is 5.76. The minimum atomic E-state index is -0.770. The molecule has 2 aromatic rings. The van der Waals surface area contributed by atoms with Crippen LogP contribution in [0.15, 0.2) is 18.2 Å². The van der Waals surface area contributed by atoms with Crippen LogP contribution in [0.25, 0.3) is 11.0 Å². The van der Waals surface area contributed by atoms with E-state index >= 15 is 0 Å². The summed E-state index contributed by atoms with van der Waals surface area (Å²) in [5, 5.41) is 9.05. The molecule has 1 aliphatic heterocycles. The summed E-state index contributed by atoms with van der Waals surface area (Å²) in [6.45, 7) is 8.16. The van der Waals surface area contributed by atoms with Gasteiger partial charge in [0, 0.05) is 25.7 Å². The second-order valence-corrected chi connectivity index (χ2v) is 6.84. The first kappa shape index (κ1) is 18.8. The minimum absolute atomic E-state index is 0.103. The first-order valence-corrected chi connectivity index (χ1v) is 9.35. The molecule has 1 saturated heterocycles. The van der Waals surface area contributed by atoms with Crippen molar-refractivity contribution >= 4 is 17.0 Å². The van der Waals surface area contributed by atoms with Crippen molar-refractivity contribution in [3.05, 3.63) is 29.8 Å². The van der Waals surface area contributed by atoms with Gasteiger partial charge in [0.05, 0.1) is 18.6 Å². The number of hydrogen-bond donors (Lipinski definition) is 1. The third-order valence-electron chi connectivity index (χ3n) is 5.31. The summed E-state index contributed by atoms with van der Waals surface area (Å²) in [5.41, 5.74) is 1.29. The molecule has 1 fully saturated rings. The number of carboxylic acid groups (broad SMARTS) is 1. The van der Waals surface area contributed by atoms with Crippen LogP contribution < -0.4 is 0 Å². The van der Waals surface area contributed by atoms with Crippen LogP contribution in [-0.4, -0.2) is 62.6 Å². The molecule has 26 heavy (non-hydrogen) atoms. The highest BCUT2D eigenvalue weighted by atomic mass is 19.1. The van der Waals surface area contributed by atoms with E-state index in [4.69, 9.17) is 5.11 Å². The van der Waals surface area contributed by atoms with E-state index in [0.717, 1.165) is 50.4 Å². The van der Waals surface area contributed by atoms with Gasteiger partial charge in [-0.3, -0.25) is 14.6 Å². The van der Waals surface area contributed by atoms with Crippen LogP contribution in [-0.2, 0) is 17.9 Å². The fourth-order valence-corrected chi connectivity index (χ4v) is 3.95. The molecule has 0 aliphatic carbocycles. The Kier molecular flexibility index (Phi) is 5.88. The molecule has 1 aliphatic rings. The van der Waals surface area contributed by atoms with Gasteiger partial charge in [-0.2, -0.15) is 0 Å². The Hall–Kier alpha value is -1.99. The zero-order valence-corrected chi connectivity index (χ0v) is 15.5. The van der Waals surface area contributed by atoms with Crippen molar-refractivity contribution in [2.75, 3.05) is 26.2 Å². The fourth-order valence-electron chi connectivity index (χ4n) is 3.95. The summed E-state index contributed by atoms with van der Waals surface area (Å²) in [6.07, 6.45) is 1.89. The standard InChI is InChI=1S/C19H27FN4O2/c1-3-23(13-18(25)26)14-8-10-22(11-9-14)12-17-21-19-15(20)6-5-7-16(19)24(17)4-2/h5-7,14H,3-4,8-13H2,1-2H3,(H,25,26). The van der Waals surface area contributed by atoms with Gasteiger partial charge in [0.15, 0.2) is 5.82 Å². The van der Waals surface area contributed by atoms with Crippen molar-refractivity contribution < 1.29 is 14.3 Å². The van der Waals surface area contributed by atoms with Crippen molar-refractivity contribution in [1.29, 1.82) is 0 Å². The summed E-state index contributed by atoms with van der Waals surface area (Å²) >= 11 is 0. The average Bonchev–Trinajstić information content (AvgIpc) is 2.99. The number of fused-ring (bicyclic) bond motifs is 1. The lowest BCUT2D eigenvalue weighted by atomic mass is 10.0. The number of halogens is 1. The van der Waals surface area contributed by atoms with Crippen LogP contribution >= 0.6 is 0 Å². The number of aliphatic carboxylic acids is 1. The Bertz CT molecular complexity index is 768. The number of hydrogen-bond acceptors (Lipinski definition) is 4. The van der Waals surface area contributed by atoms with Gasteiger partial charge >= 0.3 is 5.97 Å². The molecule has 0 atom stereocenters. The normalized spacial score (nSPS) is 16.6. The molecule has 0 saturated carbocycles. The first-order chi connectivity index (χ1) is 12.5. The predicted molar refractivity (Wildman–Crippen MR) is 98.5 cm³/mol. The minimum Gasteiger partial charge on any atom is -0.480 e. The second-order valence-electron chi connectivity index (χ2n) is 6.84. The number of imidazole rings is 1. The van der Waals surface area contributed by atoms with E-state index in [-0.39, 0.29) is 12.4 Å². The number of likely N-dealkylation sites (N-methyl/N-ethyl adjacent to an activating group) is 1. The molecule has 3 rings (SSSR count). The van der Waals surface area contributed by atoms with Crippen molar-refractivity contribution in [2.45, 2.75) is 45.8 Å². The number of rotatable bonds is 7. The third kappa shape index (κ3) is 3.88. The SMILES string of the molecule is CCN(CC(=O)O)C1CCN(Cc2nc3c(F)cccc3n2CC)CC1. The Balaban J connectivity index is 1.67. The molecular formula is C19H27FN4O2. The van der Waals surface area contributed by atoms with Crippen LogP contribution in [0.1, 0.15) is 32.5 Å². The van der Waals surface area contributed by atoms with Crippen LogP contribution in [0.3, 0.4) is 0 Å². The Morgan fingerprint density at radius 1 is 1.35 bits per heavy atom. The number of aromatic nitrogens is 2. The highest BCUT2D eigenvalue weighted by Gasteiger charge is 2.26. The lowest BCUT2D eigenvalue weighted by molar-refractivity contribution is -0.139. The molecular weight excluding hydrogens is 335 g/mol. The Morgan fingerprint density at radius 3 is 2.69 bits per heavy atom. The molecule has 1 N–H and O–H groups in total. The second kappa shape index (κ2) is 8.14. The van der Waals surface area contributed by atoms with Gasteiger partial charge in [-0.25, -0.2) is 9.37 Å². The van der Waals surface area contributed by atoms with Crippen molar-refractivity contribution in [1.82, 2.24) is 19.4 Å². The number of aryl methyl sites for hydroxylation is 1. The zero-order valence-electron chi connectivity index (χ0n) is 15.5. The number of carbonyl (C=O) groups is 1. The zero-order chi connectivity index (χ0) is 18.7. The van der Waals surface area contributed by atoms with Crippen LogP contribution in [0, 0.1) is 5.82 Å². The number of carboxylic acids is 1. The highest BCUT2D eigenvalue weighted by Crippen LogP contribution is 2.22. The summed E-state index contributed by atoms with van der Waals surface area (Å²) in [6, 6.07) is 5.40. The van der Waals surface area contributed by atoms with Gasteiger partial charge in [0.25, 0.3) is 0 Å². The average molecular weight is 362 g/mol. The molecule has 1 aromatic heterocycles. The van der Waals surface area contributed by atoms with Gasteiger partial charge in [-0.05, 0) is 38.4 Å². The van der Waals surface area contributed by atoms with E-state index in [9.17, 15) is 9.18 Å². The number of likely N-dealkylation sites (tertiary alicyclic amines) is 1. The van der Waals surface area contributed by atoms with Crippen LogP contribution in [0.4, 0.5) is 4.39 Å². The molecule has 0 spiro atoms. The maximum absolute atomic E-state index is 14.0. The van der Waals surface area contributed by atoms with E-state index in [1.54, 1.807) is 6.07 Å². The molecule has 7 heteroatoms. The van der Waals surface area contributed by atoms with Gasteiger partial charge in [-0.1, -0.05) is 13.0 Å². The third-order valence-corrected chi connectivity index (χ3v) is 5.31. The molecule has 1 aromatic carbocycles. The quantitative estimate of drug-likeness (QED) is 0.820. The number of nitrogens with zero attached hydrogens (tertiary/aromatic N) is 4. The Morgan fingerprint density at radius 2 is 2.08 bits per heavy atom. The summed E-state index contributed by atoms with van der Waals surface area (Å²) in [5.74, 6) is -0.154. The van der Waals surface area contributed by atoms with E-state index in [2.05, 4.69) is 14.5 Å². The number of benzene rings is 1. The largest absolute Gasteiger partial charge is 0.480 e. The molecule has 2 heterocycles. The van der Waals surface area contributed by atoms with Crippen molar-refractivity contribution in [3.63, 3.8) is 0 Å². The molecule has 0 amide bonds. The maximum atomic E-state index is 14.0.